The molecular formula is C22H25BrN2O3. The van der Waals surface area contributed by atoms with Crippen LogP contribution < -0.4 is 14.4 Å². The van der Waals surface area contributed by atoms with Crippen molar-refractivity contribution in [3.8, 4) is 11.5 Å². The number of benzene rings is 2. The van der Waals surface area contributed by atoms with E-state index < -0.39 is 0 Å². The maximum absolute atomic E-state index is 5.71. The number of rotatable bonds is 8. The maximum Gasteiger partial charge on any atom is 0.162 e. The van der Waals surface area contributed by atoms with Crippen molar-refractivity contribution >= 4 is 33.5 Å². The van der Waals surface area contributed by atoms with E-state index in [0.717, 1.165) is 42.0 Å². The van der Waals surface area contributed by atoms with Gasteiger partial charge in [0.1, 0.15) is 6.61 Å². The Morgan fingerprint density at radius 2 is 1.86 bits per heavy atom. The fraction of sp³-hybridized carbons (Fsp3) is 0.318. The van der Waals surface area contributed by atoms with Crippen LogP contribution >= 0.6 is 15.9 Å². The van der Waals surface area contributed by atoms with Crippen molar-refractivity contribution in [2.24, 2.45) is 4.99 Å². The molecule has 5 nitrogen and oxygen atoms in total. The lowest BCUT2D eigenvalue weighted by atomic mass is 10.2. The van der Waals surface area contributed by atoms with Crippen LogP contribution in [0.5, 0.6) is 11.5 Å². The number of halogens is 1. The molecule has 0 spiro atoms. The zero-order valence-corrected chi connectivity index (χ0v) is 17.7. The first-order valence-electron chi connectivity index (χ1n) is 9.38. The standard InChI is InChI=1S/C22H25BrN2O3/c1-3-11-28-22-15-20(23)17(14-21(22)27-4-2)16-24-18-5-7-19(8-6-18)25-9-12-26-13-10-25/h3,5-8,14-16H,1,4,9-13H2,2H3. The SMILES string of the molecule is C=CCOc1cc(Br)c(C=Nc2ccc(N3CCOCC3)cc2)cc1OCC. The molecule has 0 bridgehead atoms. The largest absolute Gasteiger partial charge is 0.490 e. The number of aliphatic imine (C=N–C) groups is 1. The monoisotopic (exact) mass is 444 g/mol. The molecule has 0 unspecified atom stereocenters. The van der Waals surface area contributed by atoms with E-state index in [1.807, 2.05) is 37.4 Å². The van der Waals surface area contributed by atoms with Crippen LogP contribution in [0, 0.1) is 0 Å². The Balaban J connectivity index is 1.75. The van der Waals surface area contributed by atoms with Gasteiger partial charge in [0.25, 0.3) is 0 Å². The number of ether oxygens (including phenoxy) is 3. The summed E-state index contributed by atoms with van der Waals surface area (Å²) in [5.41, 5.74) is 3.02. The lowest BCUT2D eigenvalue weighted by molar-refractivity contribution is 0.122. The summed E-state index contributed by atoms with van der Waals surface area (Å²) in [6, 6.07) is 12.1. The summed E-state index contributed by atoms with van der Waals surface area (Å²) in [7, 11) is 0. The molecule has 6 heteroatoms. The second kappa shape index (κ2) is 10.3. The second-order valence-corrected chi connectivity index (χ2v) is 7.08. The van der Waals surface area contributed by atoms with Crippen molar-refractivity contribution in [3.05, 3.63) is 59.1 Å². The van der Waals surface area contributed by atoms with Crippen LogP contribution in [0.25, 0.3) is 0 Å². The van der Waals surface area contributed by atoms with Gasteiger partial charge in [-0.05, 0) is 59.3 Å². The van der Waals surface area contributed by atoms with Gasteiger partial charge in [-0.3, -0.25) is 4.99 Å². The van der Waals surface area contributed by atoms with Gasteiger partial charge >= 0.3 is 0 Å². The van der Waals surface area contributed by atoms with E-state index in [-0.39, 0.29) is 0 Å². The van der Waals surface area contributed by atoms with E-state index in [2.05, 4.69) is 44.5 Å². The summed E-state index contributed by atoms with van der Waals surface area (Å²) in [5.74, 6) is 1.37. The van der Waals surface area contributed by atoms with Crippen molar-refractivity contribution in [3.63, 3.8) is 0 Å². The number of hydrogen-bond acceptors (Lipinski definition) is 5. The van der Waals surface area contributed by atoms with Gasteiger partial charge in [0, 0.05) is 35.0 Å². The summed E-state index contributed by atoms with van der Waals surface area (Å²) in [4.78, 5) is 6.93. The maximum atomic E-state index is 5.71. The third-order valence-corrected chi connectivity index (χ3v) is 4.98. The minimum absolute atomic E-state index is 0.426. The highest BCUT2D eigenvalue weighted by Gasteiger charge is 2.11. The first-order chi connectivity index (χ1) is 13.7. The van der Waals surface area contributed by atoms with Gasteiger partial charge in [-0.25, -0.2) is 0 Å². The van der Waals surface area contributed by atoms with Crippen LogP contribution in [0.2, 0.25) is 0 Å². The van der Waals surface area contributed by atoms with Gasteiger partial charge < -0.3 is 19.1 Å². The smallest absolute Gasteiger partial charge is 0.162 e. The Labute approximate surface area is 174 Å². The Morgan fingerprint density at radius 1 is 1.14 bits per heavy atom. The molecule has 0 amide bonds. The molecule has 2 aromatic rings. The Bertz CT molecular complexity index is 815. The van der Waals surface area contributed by atoms with Gasteiger partial charge in [-0.2, -0.15) is 0 Å². The zero-order chi connectivity index (χ0) is 19.8. The summed E-state index contributed by atoms with van der Waals surface area (Å²) in [5, 5.41) is 0. The van der Waals surface area contributed by atoms with Gasteiger partial charge in [0.15, 0.2) is 11.5 Å². The molecule has 0 saturated carbocycles. The first-order valence-corrected chi connectivity index (χ1v) is 10.2. The van der Waals surface area contributed by atoms with Crippen LogP contribution in [-0.2, 0) is 4.74 Å². The predicted octanol–water partition coefficient (Wildman–Crippen LogP) is 5.00. The topological polar surface area (TPSA) is 43.3 Å². The number of morpholine rings is 1. The fourth-order valence-corrected chi connectivity index (χ4v) is 3.32. The lowest BCUT2D eigenvalue weighted by Gasteiger charge is -2.28. The van der Waals surface area contributed by atoms with Gasteiger partial charge in [0.2, 0.25) is 0 Å². The summed E-state index contributed by atoms with van der Waals surface area (Å²) in [6.45, 7) is 10.0. The van der Waals surface area contributed by atoms with Gasteiger partial charge in [-0.15, -0.1) is 0 Å². The molecule has 1 aliphatic rings. The number of hydrogen-bond donors (Lipinski definition) is 0. The number of anilines is 1. The van der Waals surface area contributed by atoms with Gasteiger partial charge in [0.05, 0.1) is 25.5 Å². The average molecular weight is 445 g/mol. The summed E-state index contributed by atoms with van der Waals surface area (Å²) < 4.78 is 17.7. The molecule has 3 rings (SSSR count). The average Bonchev–Trinajstić information content (AvgIpc) is 2.74. The molecular weight excluding hydrogens is 420 g/mol. The molecule has 1 saturated heterocycles. The predicted molar refractivity (Wildman–Crippen MR) is 118 cm³/mol. The van der Waals surface area contributed by atoms with Crippen LogP contribution in [-0.4, -0.2) is 45.7 Å². The molecule has 2 aromatic carbocycles. The minimum atomic E-state index is 0.426. The molecule has 1 aliphatic heterocycles. The molecule has 28 heavy (non-hydrogen) atoms. The summed E-state index contributed by atoms with van der Waals surface area (Å²) >= 11 is 3.59. The Hall–Kier alpha value is -2.31. The van der Waals surface area contributed by atoms with E-state index in [9.17, 15) is 0 Å². The fourth-order valence-electron chi connectivity index (χ4n) is 2.89. The van der Waals surface area contributed by atoms with E-state index >= 15 is 0 Å². The van der Waals surface area contributed by atoms with E-state index in [1.165, 1.54) is 5.69 Å². The van der Waals surface area contributed by atoms with Crippen molar-refractivity contribution in [2.45, 2.75) is 6.92 Å². The van der Waals surface area contributed by atoms with E-state index in [1.54, 1.807) is 6.08 Å². The Kier molecular flexibility index (Phi) is 7.51. The quantitative estimate of drug-likeness (QED) is 0.424. The van der Waals surface area contributed by atoms with E-state index in [0.29, 0.717) is 24.7 Å². The van der Waals surface area contributed by atoms with Crippen molar-refractivity contribution in [1.82, 2.24) is 0 Å². The highest BCUT2D eigenvalue weighted by Crippen LogP contribution is 2.33. The molecule has 148 valence electrons. The zero-order valence-electron chi connectivity index (χ0n) is 16.1. The molecule has 0 radical (unpaired) electrons. The van der Waals surface area contributed by atoms with Crippen LogP contribution in [0.15, 0.2) is 58.5 Å². The van der Waals surface area contributed by atoms with Crippen molar-refractivity contribution in [1.29, 1.82) is 0 Å². The molecule has 1 fully saturated rings. The van der Waals surface area contributed by atoms with Gasteiger partial charge in [-0.1, -0.05) is 12.7 Å². The molecule has 0 N–H and O–H groups in total. The highest BCUT2D eigenvalue weighted by atomic mass is 79.9. The third kappa shape index (κ3) is 5.36. The van der Waals surface area contributed by atoms with Crippen LogP contribution in [0.1, 0.15) is 12.5 Å². The molecule has 1 heterocycles. The number of nitrogens with zero attached hydrogens (tertiary/aromatic N) is 2. The van der Waals surface area contributed by atoms with Crippen molar-refractivity contribution in [2.75, 3.05) is 44.4 Å². The van der Waals surface area contributed by atoms with Crippen LogP contribution in [0.3, 0.4) is 0 Å². The van der Waals surface area contributed by atoms with Crippen LogP contribution in [0.4, 0.5) is 11.4 Å². The molecule has 0 atom stereocenters. The normalized spacial score (nSPS) is 14.3. The lowest BCUT2D eigenvalue weighted by Crippen LogP contribution is -2.36. The minimum Gasteiger partial charge on any atom is -0.490 e. The first kappa shape index (κ1) is 20.4. The second-order valence-electron chi connectivity index (χ2n) is 6.23. The molecule has 0 aromatic heterocycles. The molecule has 0 aliphatic carbocycles. The van der Waals surface area contributed by atoms with Crippen molar-refractivity contribution < 1.29 is 14.2 Å². The highest BCUT2D eigenvalue weighted by molar-refractivity contribution is 9.10. The Morgan fingerprint density at radius 3 is 2.54 bits per heavy atom. The third-order valence-electron chi connectivity index (χ3n) is 4.30. The summed E-state index contributed by atoms with van der Waals surface area (Å²) in [6.07, 6.45) is 3.53. The van der Waals surface area contributed by atoms with E-state index in [4.69, 9.17) is 14.2 Å².